The highest BCUT2D eigenvalue weighted by molar-refractivity contribution is 14.0. The van der Waals surface area contributed by atoms with E-state index in [0.29, 0.717) is 18.9 Å². The van der Waals surface area contributed by atoms with E-state index in [0.717, 1.165) is 11.4 Å². The Morgan fingerprint density at radius 3 is 2.69 bits per heavy atom. The lowest BCUT2D eigenvalue weighted by Crippen LogP contribution is -2.42. The zero-order chi connectivity index (χ0) is 18.3. The Morgan fingerprint density at radius 1 is 1.38 bits per heavy atom. The maximum Gasteiger partial charge on any atom is 0.191 e. The topological polar surface area (TPSA) is 101 Å². The molecular weight excluding hydrogens is 467 g/mol. The molecule has 0 aliphatic carbocycles. The number of sulfone groups is 1. The first kappa shape index (κ1) is 22.4. The minimum atomic E-state index is -2.95. The van der Waals surface area contributed by atoms with Gasteiger partial charge in [0.2, 0.25) is 0 Å². The van der Waals surface area contributed by atoms with Gasteiger partial charge < -0.3 is 10.6 Å². The van der Waals surface area contributed by atoms with E-state index in [2.05, 4.69) is 25.6 Å². The van der Waals surface area contributed by atoms with Crippen LogP contribution in [0.2, 0.25) is 0 Å². The fourth-order valence-corrected chi connectivity index (χ4v) is 2.93. The average molecular weight is 492 g/mol. The summed E-state index contributed by atoms with van der Waals surface area (Å²) in [6, 6.07) is 3.90. The van der Waals surface area contributed by atoms with E-state index in [4.69, 9.17) is 0 Å². The van der Waals surface area contributed by atoms with Gasteiger partial charge in [-0.25, -0.2) is 18.4 Å². The number of guanidine groups is 1. The van der Waals surface area contributed by atoms with Crippen LogP contribution < -0.4 is 10.6 Å². The van der Waals surface area contributed by atoms with Gasteiger partial charge in [-0.05, 0) is 25.0 Å². The number of nitrogens with one attached hydrogen (secondary N) is 2. The Labute approximate surface area is 171 Å². The molecule has 0 amide bonds. The number of nitrogens with zero attached hydrogens (tertiary/aromatic N) is 4. The molecule has 2 N–H and O–H groups in total. The highest BCUT2D eigenvalue weighted by Gasteiger charge is 2.09. The first-order valence-corrected chi connectivity index (χ1v) is 10.0. The molecule has 10 heteroatoms. The third kappa shape index (κ3) is 7.68. The van der Waals surface area contributed by atoms with E-state index >= 15 is 0 Å². The van der Waals surface area contributed by atoms with Crippen LogP contribution in [0.5, 0.6) is 0 Å². The van der Waals surface area contributed by atoms with Gasteiger partial charge in [-0.3, -0.25) is 9.56 Å². The summed E-state index contributed by atoms with van der Waals surface area (Å²) in [5.74, 6) is 1.58. The minimum Gasteiger partial charge on any atom is -0.354 e. The van der Waals surface area contributed by atoms with Crippen LogP contribution in [0.1, 0.15) is 18.9 Å². The van der Waals surface area contributed by atoms with Crippen LogP contribution in [0.4, 0.5) is 0 Å². The van der Waals surface area contributed by atoms with Gasteiger partial charge in [-0.15, -0.1) is 24.0 Å². The SMILES string of the molecule is CN=C(NCc1ccc(-n2ccnc2)nc1)NC(C)CCS(C)(=O)=O.I. The number of aliphatic imine (C=N–C) groups is 1. The maximum absolute atomic E-state index is 11.2. The lowest BCUT2D eigenvalue weighted by Gasteiger charge is -2.17. The van der Waals surface area contributed by atoms with E-state index in [-0.39, 0.29) is 35.8 Å². The molecule has 2 heterocycles. The molecule has 2 rings (SSSR count). The standard InChI is InChI=1S/C16H24N6O2S.HI/c1-13(6-9-25(3,23)24)21-16(17-2)20-11-14-4-5-15(19-10-14)22-8-7-18-12-22;/h4-5,7-8,10,12-13H,6,9,11H2,1-3H3,(H2,17,20,21);1H. The minimum absolute atomic E-state index is 0. The van der Waals surface area contributed by atoms with Crippen molar-refractivity contribution in [2.75, 3.05) is 19.1 Å². The number of imidazole rings is 1. The second-order valence-corrected chi connectivity index (χ2v) is 8.14. The Morgan fingerprint density at radius 2 is 2.15 bits per heavy atom. The second kappa shape index (κ2) is 10.5. The Kier molecular flexibility index (Phi) is 8.99. The van der Waals surface area contributed by atoms with Crippen LogP contribution in [0.15, 0.2) is 42.0 Å². The summed E-state index contributed by atoms with van der Waals surface area (Å²) >= 11 is 0. The normalized spacial score (nSPS) is 13.0. The quantitative estimate of drug-likeness (QED) is 0.344. The molecule has 0 spiro atoms. The first-order valence-electron chi connectivity index (χ1n) is 7.95. The molecule has 26 heavy (non-hydrogen) atoms. The predicted octanol–water partition coefficient (Wildman–Crippen LogP) is 1.37. The van der Waals surface area contributed by atoms with E-state index < -0.39 is 9.84 Å². The summed E-state index contributed by atoms with van der Waals surface area (Å²) in [7, 11) is -1.28. The van der Waals surface area contributed by atoms with Gasteiger partial charge in [0, 0.05) is 44.5 Å². The van der Waals surface area contributed by atoms with Crippen molar-refractivity contribution in [2.45, 2.75) is 25.9 Å². The molecule has 0 saturated heterocycles. The summed E-state index contributed by atoms with van der Waals surface area (Å²) in [6.07, 6.45) is 8.81. The number of hydrogen-bond donors (Lipinski definition) is 2. The third-order valence-corrected chi connectivity index (χ3v) is 4.54. The lowest BCUT2D eigenvalue weighted by atomic mass is 10.2. The molecule has 0 aliphatic rings. The van der Waals surface area contributed by atoms with Gasteiger partial charge in [-0.1, -0.05) is 6.07 Å². The van der Waals surface area contributed by atoms with Gasteiger partial charge in [0.05, 0.1) is 5.75 Å². The van der Waals surface area contributed by atoms with Crippen molar-refractivity contribution in [3.8, 4) is 5.82 Å². The van der Waals surface area contributed by atoms with Crippen LogP contribution in [0.3, 0.4) is 0 Å². The van der Waals surface area contributed by atoms with E-state index in [9.17, 15) is 8.42 Å². The summed E-state index contributed by atoms with van der Waals surface area (Å²) in [6.45, 7) is 2.50. The molecule has 1 atom stereocenters. The van der Waals surface area contributed by atoms with E-state index in [1.807, 2.05) is 29.8 Å². The summed E-state index contributed by atoms with van der Waals surface area (Å²) < 4.78 is 24.3. The molecule has 0 radical (unpaired) electrons. The number of rotatable bonds is 7. The highest BCUT2D eigenvalue weighted by atomic mass is 127. The number of aromatic nitrogens is 3. The van der Waals surface area contributed by atoms with Crippen molar-refractivity contribution in [1.29, 1.82) is 0 Å². The first-order chi connectivity index (χ1) is 11.9. The van der Waals surface area contributed by atoms with Crippen molar-refractivity contribution in [3.63, 3.8) is 0 Å². The molecule has 2 aromatic heterocycles. The Bertz CT molecular complexity index is 791. The Hall–Kier alpha value is -1.69. The maximum atomic E-state index is 11.2. The van der Waals surface area contributed by atoms with Crippen molar-refractivity contribution < 1.29 is 8.42 Å². The largest absolute Gasteiger partial charge is 0.354 e. The molecular formula is C16H25IN6O2S. The molecule has 0 bridgehead atoms. The molecule has 0 aliphatic heterocycles. The lowest BCUT2D eigenvalue weighted by molar-refractivity contribution is 0.581. The number of halogens is 1. The van der Waals surface area contributed by atoms with Gasteiger partial charge in [0.25, 0.3) is 0 Å². The van der Waals surface area contributed by atoms with Crippen molar-refractivity contribution in [1.82, 2.24) is 25.2 Å². The van der Waals surface area contributed by atoms with Crippen molar-refractivity contribution in [3.05, 3.63) is 42.6 Å². The molecule has 2 aromatic rings. The summed E-state index contributed by atoms with van der Waals surface area (Å²) in [5, 5.41) is 6.38. The molecule has 0 saturated carbocycles. The molecule has 8 nitrogen and oxygen atoms in total. The smallest absolute Gasteiger partial charge is 0.191 e. The van der Waals surface area contributed by atoms with Crippen LogP contribution in [0, 0.1) is 0 Å². The fraction of sp³-hybridized carbons (Fsp3) is 0.438. The van der Waals surface area contributed by atoms with Crippen molar-refractivity contribution in [2.24, 2.45) is 4.99 Å². The third-order valence-electron chi connectivity index (χ3n) is 3.57. The molecule has 1 unspecified atom stereocenters. The summed E-state index contributed by atoms with van der Waals surface area (Å²) in [5.41, 5.74) is 1.01. The fourth-order valence-electron chi connectivity index (χ4n) is 2.15. The van der Waals surface area contributed by atoms with Gasteiger partial charge in [0.15, 0.2) is 5.96 Å². The van der Waals surface area contributed by atoms with Crippen LogP contribution in [0.25, 0.3) is 5.82 Å². The van der Waals surface area contributed by atoms with Crippen LogP contribution in [-0.4, -0.2) is 54.0 Å². The van der Waals surface area contributed by atoms with Gasteiger partial charge in [-0.2, -0.15) is 0 Å². The zero-order valence-corrected chi connectivity index (χ0v) is 18.2. The molecule has 144 valence electrons. The van der Waals surface area contributed by atoms with E-state index in [1.165, 1.54) is 6.26 Å². The van der Waals surface area contributed by atoms with Crippen LogP contribution >= 0.6 is 24.0 Å². The number of hydrogen-bond acceptors (Lipinski definition) is 5. The van der Waals surface area contributed by atoms with Gasteiger partial charge >= 0.3 is 0 Å². The van der Waals surface area contributed by atoms with Crippen molar-refractivity contribution >= 4 is 39.8 Å². The average Bonchev–Trinajstić information content (AvgIpc) is 3.11. The molecule has 0 aromatic carbocycles. The predicted molar refractivity (Wildman–Crippen MR) is 114 cm³/mol. The van der Waals surface area contributed by atoms with E-state index in [1.54, 1.807) is 25.8 Å². The zero-order valence-electron chi connectivity index (χ0n) is 15.1. The highest BCUT2D eigenvalue weighted by Crippen LogP contribution is 2.05. The second-order valence-electron chi connectivity index (χ2n) is 5.88. The summed E-state index contributed by atoms with van der Waals surface area (Å²) in [4.78, 5) is 12.6. The van der Waals surface area contributed by atoms with Crippen LogP contribution in [-0.2, 0) is 16.4 Å². The number of pyridine rings is 1. The Balaban J connectivity index is 0.00000338. The monoisotopic (exact) mass is 492 g/mol. The molecule has 0 fully saturated rings. The van der Waals surface area contributed by atoms with Gasteiger partial charge in [0.1, 0.15) is 22.0 Å².